The lowest BCUT2D eigenvalue weighted by molar-refractivity contribution is 0.629. The monoisotopic (exact) mass is 313 g/mol. The number of halogens is 1. The molecule has 1 heterocycles. The molecule has 3 aromatic carbocycles. The fraction of sp³-hybridized carbons (Fsp3) is 0.0455. The van der Waals surface area contributed by atoms with E-state index in [-0.39, 0.29) is 5.82 Å². The average Bonchev–Trinajstić information content (AvgIpc) is 2.62. The summed E-state index contributed by atoms with van der Waals surface area (Å²) in [6.07, 6.45) is 0. The molecule has 0 N–H and O–H groups in total. The molecule has 0 atom stereocenters. The zero-order chi connectivity index (χ0) is 16.5. The minimum Gasteiger partial charge on any atom is -0.252 e. The Morgan fingerprint density at radius 2 is 1.29 bits per heavy atom. The first kappa shape index (κ1) is 14.6. The van der Waals surface area contributed by atoms with Gasteiger partial charge in [0.25, 0.3) is 0 Å². The first-order valence-corrected chi connectivity index (χ1v) is 7.95. The Morgan fingerprint density at radius 3 is 1.92 bits per heavy atom. The van der Waals surface area contributed by atoms with Crippen LogP contribution in [-0.2, 0) is 0 Å². The van der Waals surface area contributed by atoms with Crippen LogP contribution in [0.15, 0.2) is 78.9 Å². The fourth-order valence-corrected chi connectivity index (χ4v) is 3.22. The lowest BCUT2D eigenvalue weighted by Gasteiger charge is -2.16. The molecule has 0 bridgehead atoms. The first-order valence-electron chi connectivity index (χ1n) is 7.95. The molecule has 1 aromatic heterocycles. The van der Waals surface area contributed by atoms with Crippen LogP contribution in [0.3, 0.4) is 0 Å². The van der Waals surface area contributed by atoms with Gasteiger partial charge in [-0.15, -0.1) is 0 Å². The summed E-state index contributed by atoms with van der Waals surface area (Å²) in [6, 6.07) is 25.1. The topological polar surface area (TPSA) is 12.9 Å². The van der Waals surface area contributed by atoms with Gasteiger partial charge in [0.05, 0.1) is 5.52 Å². The molecule has 2 heteroatoms. The molecule has 4 aromatic rings. The Labute approximate surface area is 140 Å². The number of pyridine rings is 1. The van der Waals surface area contributed by atoms with Crippen molar-refractivity contribution in [3.8, 4) is 22.3 Å². The Hall–Kier alpha value is -3.00. The highest BCUT2D eigenvalue weighted by Gasteiger charge is 2.16. The standard InChI is InChI=1S/C22H16FN/c1-15-21(16-8-4-2-5-9-16)22(17-10-6-3-7-11-17)19-14-18(23)12-13-20(19)24-15/h2-14H,1H3. The minimum atomic E-state index is -0.246. The van der Waals surface area contributed by atoms with Crippen LogP contribution in [0, 0.1) is 12.7 Å². The van der Waals surface area contributed by atoms with Crippen molar-refractivity contribution >= 4 is 10.9 Å². The molecule has 0 saturated carbocycles. The molecule has 24 heavy (non-hydrogen) atoms. The fourth-order valence-electron chi connectivity index (χ4n) is 3.22. The molecule has 116 valence electrons. The second-order valence-corrected chi connectivity index (χ2v) is 5.84. The molecule has 0 fully saturated rings. The predicted octanol–water partition coefficient (Wildman–Crippen LogP) is 6.02. The average molecular weight is 313 g/mol. The van der Waals surface area contributed by atoms with Crippen molar-refractivity contribution in [3.63, 3.8) is 0 Å². The molecule has 0 spiro atoms. The van der Waals surface area contributed by atoms with E-state index < -0.39 is 0 Å². The number of aromatic nitrogens is 1. The molecule has 0 amide bonds. The van der Waals surface area contributed by atoms with E-state index in [0.29, 0.717) is 0 Å². The van der Waals surface area contributed by atoms with Crippen LogP contribution in [0.25, 0.3) is 33.2 Å². The number of rotatable bonds is 2. The van der Waals surface area contributed by atoms with E-state index in [0.717, 1.165) is 38.9 Å². The lowest BCUT2D eigenvalue weighted by atomic mass is 9.90. The SMILES string of the molecule is Cc1nc2ccc(F)cc2c(-c2ccccc2)c1-c1ccccc1. The van der Waals surface area contributed by atoms with E-state index >= 15 is 0 Å². The van der Waals surface area contributed by atoms with Crippen molar-refractivity contribution in [1.82, 2.24) is 4.98 Å². The van der Waals surface area contributed by atoms with Gasteiger partial charge in [-0.1, -0.05) is 60.7 Å². The van der Waals surface area contributed by atoms with Crippen LogP contribution >= 0.6 is 0 Å². The van der Waals surface area contributed by atoms with Crippen LogP contribution in [-0.4, -0.2) is 4.98 Å². The summed E-state index contributed by atoms with van der Waals surface area (Å²) in [4.78, 5) is 4.71. The lowest BCUT2D eigenvalue weighted by Crippen LogP contribution is -1.96. The van der Waals surface area contributed by atoms with E-state index in [2.05, 4.69) is 24.3 Å². The summed E-state index contributed by atoms with van der Waals surface area (Å²) in [7, 11) is 0. The summed E-state index contributed by atoms with van der Waals surface area (Å²) in [6.45, 7) is 2.01. The van der Waals surface area contributed by atoms with E-state index in [4.69, 9.17) is 4.98 Å². The zero-order valence-corrected chi connectivity index (χ0v) is 13.3. The van der Waals surface area contributed by atoms with Gasteiger partial charge in [0, 0.05) is 22.2 Å². The maximum Gasteiger partial charge on any atom is 0.123 e. The molecule has 0 aliphatic carbocycles. The highest BCUT2D eigenvalue weighted by atomic mass is 19.1. The van der Waals surface area contributed by atoms with Gasteiger partial charge in [0.1, 0.15) is 5.82 Å². The van der Waals surface area contributed by atoms with Crippen molar-refractivity contribution in [2.24, 2.45) is 0 Å². The maximum absolute atomic E-state index is 13.9. The van der Waals surface area contributed by atoms with Crippen molar-refractivity contribution in [3.05, 3.63) is 90.4 Å². The van der Waals surface area contributed by atoms with E-state index in [9.17, 15) is 4.39 Å². The van der Waals surface area contributed by atoms with Crippen molar-refractivity contribution in [2.75, 3.05) is 0 Å². The van der Waals surface area contributed by atoms with E-state index in [1.54, 1.807) is 12.1 Å². The van der Waals surface area contributed by atoms with Gasteiger partial charge in [-0.25, -0.2) is 4.39 Å². The van der Waals surface area contributed by atoms with Gasteiger partial charge >= 0.3 is 0 Å². The normalized spacial score (nSPS) is 10.9. The number of fused-ring (bicyclic) bond motifs is 1. The highest BCUT2D eigenvalue weighted by Crippen LogP contribution is 2.39. The summed E-state index contributed by atoms with van der Waals surface area (Å²) in [5.74, 6) is -0.246. The van der Waals surface area contributed by atoms with Crippen molar-refractivity contribution in [2.45, 2.75) is 6.92 Å². The predicted molar refractivity (Wildman–Crippen MR) is 97.3 cm³/mol. The molecule has 1 nitrogen and oxygen atoms in total. The second-order valence-electron chi connectivity index (χ2n) is 5.84. The maximum atomic E-state index is 13.9. The molecular weight excluding hydrogens is 297 g/mol. The van der Waals surface area contributed by atoms with Gasteiger partial charge in [-0.05, 0) is 36.2 Å². The van der Waals surface area contributed by atoms with Gasteiger partial charge in [0.15, 0.2) is 0 Å². The van der Waals surface area contributed by atoms with Gasteiger partial charge in [-0.3, -0.25) is 4.98 Å². The molecule has 0 radical (unpaired) electrons. The summed E-state index contributed by atoms with van der Waals surface area (Å²) >= 11 is 0. The first-order chi connectivity index (χ1) is 11.7. The van der Waals surface area contributed by atoms with Gasteiger partial charge in [0.2, 0.25) is 0 Å². The summed E-state index contributed by atoms with van der Waals surface area (Å²) < 4.78 is 13.9. The molecule has 0 unspecified atom stereocenters. The Morgan fingerprint density at radius 1 is 0.708 bits per heavy atom. The third-order valence-electron chi connectivity index (χ3n) is 4.25. The van der Waals surface area contributed by atoms with Crippen LogP contribution in [0.1, 0.15) is 5.69 Å². The van der Waals surface area contributed by atoms with Crippen LogP contribution < -0.4 is 0 Å². The van der Waals surface area contributed by atoms with E-state index in [1.807, 2.05) is 43.3 Å². The summed E-state index contributed by atoms with van der Waals surface area (Å²) in [5.41, 5.74) is 6.00. The number of nitrogens with zero attached hydrogens (tertiary/aromatic N) is 1. The quantitative estimate of drug-likeness (QED) is 0.441. The number of benzene rings is 3. The third kappa shape index (κ3) is 2.46. The van der Waals surface area contributed by atoms with Gasteiger partial charge < -0.3 is 0 Å². The van der Waals surface area contributed by atoms with Gasteiger partial charge in [-0.2, -0.15) is 0 Å². The largest absolute Gasteiger partial charge is 0.252 e. The Kier molecular flexibility index (Phi) is 3.58. The highest BCUT2D eigenvalue weighted by molar-refractivity contribution is 6.03. The Bertz CT molecular complexity index is 1010. The molecular formula is C22H16FN. The number of hydrogen-bond donors (Lipinski definition) is 0. The summed E-state index contributed by atoms with van der Waals surface area (Å²) in [5, 5.41) is 0.839. The number of aryl methyl sites for hydroxylation is 1. The molecule has 0 saturated heterocycles. The second kappa shape index (κ2) is 5.89. The minimum absolute atomic E-state index is 0.246. The zero-order valence-electron chi connectivity index (χ0n) is 13.3. The van der Waals surface area contributed by atoms with Crippen LogP contribution in [0.5, 0.6) is 0 Å². The smallest absolute Gasteiger partial charge is 0.123 e. The molecule has 0 aliphatic heterocycles. The van der Waals surface area contributed by atoms with E-state index in [1.165, 1.54) is 6.07 Å². The molecule has 0 aliphatic rings. The van der Waals surface area contributed by atoms with Crippen LogP contribution in [0.2, 0.25) is 0 Å². The number of hydrogen-bond acceptors (Lipinski definition) is 1. The molecule has 4 rings (SSSR count). The van der Waals surface area contributed by atoms with Crippen LogP contribution in [0.4, 0.5) is 4.39 Å². The van der Waals surface area contributed by atoms with Crippen molar-refractivity contribution < 1.29 is 4.39 Å². The third-order valence-corrected chi connectivity index (χ3v) is 4.25. The van der Waals surface area contributed by atoms with Crippen molar-refractivity contribution in [1.29, 1.82) is 0 Å². The Balaban J connectivity index is 2.17.